The van der Waals surface area contributed by atoms with Gasteiger partial charge in [-0.2, -0.15) is 0 Å². The monoisotopic (exact) mass is 283 g/mol. The van der Waals surface area contributed by atoms with Crippen molar-refractivity contribution in [3.8, 4) is 0 Å². The van der Waals surface area contributed by atoms with Crippen molar-refractivity contribution in [1.29, 1.82) is 0 Å². The first-order chi connectivity index (χ1) is 9.60. The predicted octanol–water partition coefficient (Wildman–Crippen LogP) is 2.63. The van der Waals surface area contributed by atoms with Crippen molar-refractivity contribution in [2.45, 2.75) is 64.5 Å². The summed E-state index contributed by atoms with van der Waals surface area (Å²) in [6, 6.07) is -0.289. The van der Waals surface area contributed by atoms with E-state index in [1.54, 1.807) is 19.1 Å². The van der Waals surface area contributed by atoms with Crippen molar-refractivity contribution in [2.75, 3.05) is 6.61 Å². The molecule has 0 bridgehead atoms. The summed E-state index contributed by atoms with van der Waals surface area (Å²) in [5, 5.41) is 9.82. The highest BCUT2D eigenvalue weighted by atomic mass is 16.6. The maximum absolute atomic E-state index is 11.7. The topological polar surface area (TPSA) is 66.8 Å². The van der Waals surface area contributed by atoms with Crippen LogP contribution in [0.2, 0.25) is 0 Å². The molecule has 1 aliphatic heterocycles. The minimum absolute atomic E-state index is 0.210. The quantitative estimate of drug-likeness (QED) is 0.576. The molecule has 1 saturated heterocycles. The third-order valence-electron chi connectivity index (χ3n) is 3.38. The number of imide groups is 1. The second-order valence-corrected chi connectivity index (χ2v) is 5.02. The van der Waals surface area contributed by atoms with Crippen LogP contribution in [0.15, 0.2) is 12.2 Å². The van der Waals surface area contributed by atoms with Crippen molar-refractivity contribution < 1.29 is 19.4 Å². The molecule has 0 aliphatic carbocycles. The van der Waals surface area contributed by atoms with Crippen LogP contribution in [0.4, 0.5) is 4.79 Å². The number of amides is 2. The Hall–Kier alpha value is -1.36. The zero-order valence-corrected chi connectivity index (χ0v) is 12.4. The van der Waals surface area contributed by atoms with E-state index >= 15 is 0 Å². The fourth-order valence-corrected chi connectivity index (χ4v) is 2.27. The van der Waals surface area contributed by atoms with Crippen LogP contribution in [-0.2, 0) is 9.53 Å². The number of hydrogen-bond donors (Lipinski definition) is 1. The van der Waals surface area contributed by atoms with E-state index in [9.17, 15) is 14.7 Å². The first-order valence-corrected chi connectivity index (χ1v) is 7.45. The highest BCUT2D eigenvalue weighted by molar-refractivity contribution is 5.94. The summed E-state index contributed by atoms with van der Waals surface area (Å²) in [7, 11) is 0. The second-order valence-electron chi connectivity index (χ2n) is 5.02. The molecule has 20 heavy (non-hydrogen) atoms. The SMILES string of the molecule is CCCCCC(O)C=CC1CCC(=O)N1C(=O)OCC. The van der Waals surface area contributed by atoms with E-state index < -0.39 is 12.2 Å². The van der Waals surface area contributed by atoms with Crippen LogP contribution in [0, 0.1) is 0 Å². The highest BCUT2D eigenvalue weighted by Gasteiger charge is 2.35. The smallest absolute Gasteiger partial charge is 0.417 e. The molecule has 0 radical (unpaired) electrons. The maximum Gasteiger partial charge on any atom is 0.417 e. The lowest BCUT2D eigenvalue weighted by molar-refractivity contribution is -0.126. The van der Waals surface area contributed by atoms with Crippen molar-refractivity contribution in [1.82, 2.24) is 4.90 Å². The van der Waals surface area contributed by atoms with Crippen LogP contribution in [0.1, 0.15) is 52.4 Å². The zero-order chi connectivity index (χ0) is 15.0. The number of carbonyl (C=O) groups is 2. The zero-order valence-electron chi connectivity index (χ0n) is 12.4. The number of aliphatic hydroxyl groups excluding tert-OH is 1. The number of unbranched alkanes of at least 4 members (excludes halogenated alkanes) is 2. The van der Waals surface area contributed by atoms with Gasteiger partial charge in [0.05, 0.1) is 18.8 Å². The molecule has 1 rings (SSSR count). The summed E-state index contributed by atoms with van der Waals surface area (Å²) >= 11 is 0. The van der Waals surface area contributed by atoms with Crippen molar-refractivity contribution in [3.05, 3.63) is 12.2 Å². The molecule has 5 heteroatoms. The van der Waals surface area contributed by atoms with Crippen LogP contribution in [0.3, 0.4) is 0 Å². The second kappa shape index (κ2) is 8.74. The molecule has 0 aromatic rings. The molecule has 1 aliphatic rings. The van der Waals surface area contributed by atoms with Crippen molar-refractivity contribution in [3.63, 3.8) is 0 Å². The van der Waals surface area contributed by atoms with E-state index in [4.69, 9.17) is 4.74 Å². The molecular weight excluding hydrogens is 258 g/mol. The van der Waals surface area contributed by atoms with Crippen LogP contribution < -0.4 is 0 Å². The van der Waals surface area contributed by atoms with E-state index in [0.29, 0.717) is 19.3 Å². The Balaban J connectivity index is 2.52. The minimum Gasteiger partial charge on any atom is -0.449 e. The number of aliphatic hydroxyl groups is 1. The van der Waals surface area contributed by atoms with E-state index in [0.717, 1.165) is 24.2 Å². The summed E-state index contributed by atoms with van der Waals surface area (Å²) in [6.07, 6.45) is 7.18. The van der Waals surface area contributed by atoms with E-state index in [1.165, 1.54) is 0 Å². The average Bonchev–Trinajstić information content (AvgIpc) is 2.78. The normalized spacial score (nSPS) is 20.6. The third kappa shape index (κ3) is 4.96. The summed E-state index contributed by atoms with van der Waals surface area (Å²) in [5.41, 5.74) is 0. The van der Waals surface area contributed by atoms with Gasteiger partial charge in [-0.3, -0.25) is 4.79 Å². The lowest BCUT2D eigenvalue weighted by atomic mass is 10.1. The Labute approximate surface area is 120 Å². The highest BCUT2D eigenvalue weighted by Crippen LogP contribution is 2.21. The van der Waals surface area contributed by atoms with Gasteiger partial charge in [0.1, 0.15) is 0 Å². The molecular formula is C15H25NO4. The molecule has 1 N–H and O–H groups in total. The Morgan fingerprint density at radius 2 is 2.25 bits per heavy atom. The summed E-state index contributed by atoms with van der Waals surface area (Å²) in [6.45, 7) is 4.07. The maximum atomic E-state index is 11.7. The largest absolute Gasteiger partial charge is 0.449 e. The van der Waals surface area contributed by atoms with Gasteiger partial charge in [-0.15, -0.1) is 0 Å². The molecule has 1 fully saturated rings. The fourth-order valence-electron chi connectivity index (χ4n) is 2.27. The van der Waals surface area contributed by atoms with E-state index in [-0.39, 0.29) is 18.6 Å². The van der Waals surface area contributed by atoms with E-state index in [2.05, 4.69) is 6.92 Å². The number of carbonyl (C=O) groups excluding carboxylic acids is 2. The van der Waals surface area contributed by atoms with Gasteiger partial charge < -0.3 is 9.84 Å². The minimum atomic E-state index is -0.592. The molecule has 2 atom stereocenters. The Morgan fingerprint density at radius 1 is 1.50 bits per heavy atom. The lowest BCUT2D eigenvalue weighted by Gasteiger charge is -2.19. The van der Waals surface area contributed by atoms with Gasteiger partial charge in [-0.05, 0) is 19.8 Å². The van der Waals surface area contributed by atoms with Gasteiger partial charge in [-0.25, -0.2) is 9.69 Å². The van der Waals surface area contributed by atoms with Gasteiger partial charge in [-0.1, -0.05) is 38.3 Å². The number of rotatable bonds is 7. The number of likely N-dealkylation sites (tertiary alicyclic amines) is 1. The predicted molar refractivity (Wildman–Crippen MR) is 76.2 cm³/mol. The van der Waals surface area contributed by atoms with Crippen molar-refractivity contribution in [2.24, 2.45) is 0 Å². The molecule has 1 heterocycles. The average molecular weight is 283 g/mol. The molecule has 0 aromatic carbocycles. The Bertz CT molecular complexity index is 354. The summed E-state index contributed by atoms with van der Waals surface area (Å²) in [4.78, 5) is 24.5. The third-order valence-corrected chi connectivity index (χ3v) is 3.38. The molecule has 2 amide bonds. The molecule has 5 nitrogen and oxygen atoms in total. The Kier molecular flexibility index (Phi) is 7.30. The van der Waals surface area contributed by atoms with Crippen LogP contribution in [0.5, 0.6) is 0 Å². The lowest BCUT2D eigenvalue weighted by Crippen LogP contribution is -2.38. The standard InChI is InChI=1S/C15H25NO4/c1-3-5-6-7-13(17)10-8-12-9-11-14(18)16(12)15(19)20-4-2/h8,10,12-13,17H,3-7,9,11H2,1-2H3. The molecule has 2 unspecified atom stereocenters. The van der Waals surface area contributed by atoms with Crippen LogP contribution in [-0.4, -0.2) is 40.8 Å². The molecule has 114 valence electrons. The van der Waals surface area contributed by atoms with Gasteiger partial charge >= 0.3 is 6.09 Å². The molecule has 0 spiro atoms. The first-order valence-electron chi connectivity index (χ1n) is 7.45. The number of nitrogens with zero attached hydrogens (tertiary/aromatic N) is 1. The summed E-state index contributed by atoms with van der Waals surface area (Å²) in [5.74, 6) is -0.210. The molecule has 0 saturated carbocycles. The Morgan fingerprint density at radius 3 is 2.90 bits per heavy atom. The van der Waals surface area contributed by atoms with E-state index in [1.807, 2.05) is 0 Å². The first kappa shape index (κ1) is 16.7. The van der Waals surface area contributed by atoms with Gasteiger partial charge in [0, 0.05) is 6.42 Å². The van der Waals surface area contributed by atoms with Crippen LogP contribution in [0.25, 0.3) is 0 Å². The van der Waals surface area contributed by atoms with Crippen molar-refractivity contribution >= 4 is 12.0 Å². The van der Waals surface area contributed by atoms with Crippen LogP contribution >= 0.6 is 0 Å². The van der Waals surface area contributed by atoms with Gasteiger partial charge in [0.15, 0.2) is 0 Å². The van der Waals surface area contributed by atoms with Gasteiger partial charge in [0.2, 0.25) is 5.91 Å². The van der Waals surface area contributed by atoms with Gasteiger partial charge in [0.25, 0.3) is 0 Å². The number of hydrogen-bond acceptors (Lipinski definition) is 4. The number of ether oxygens (including phenoxy) is 1. The molecule has 0 aromatic heterocycles. The summed E-state index contributed by atoms with van der Waals surface area (Å²) < 4.78 is 4.88. The fraction of sp³-hybridized carbons (Fsp3) is 0.733.